The van der Waals surface area contributed by atoms with Crippen LogP contribution in [0, 0.1) is 6.92 Å². The number of benzene rings is 1. The average Bonchev–Trinajstić information content (AvgIpc) is 2.39. The Kier molecular flexibility index (Phi) is 3.85. The Bertz CT molecular complexity index is 611. The van der Waals surface area contributed by atoms with Crippen molar-refractivity contribution in [3.8, 4) is 5.75 Å². The van der Waals surface area contributed by atoms with Crippen molar-refractivity contribution < 1.29 is 14.3 Å². The van der Waals surface area contributed by atoms with Crippen LogP contribution < -0.4 is 10.1 Å². The van der Waals surface area contributed by atoms with Crippen LogP contribution >= 0.6 is 0 Å². The molecule has 1 heterocycles. The number of nitrogens with one attached hydrogen (secondary N) is 1. The van der Waals surface area contributed by atoms with Gasteiger partial charge in [-0.05, 0) is 26.0 Å². The Morgan fingerprint density at radius 3 is 2.84 bits per heavy atom. The van der Waals surface area contributed by atoms with Gasteiger partial charge >= 0.3 is 6.09 Å². The van der Waals surface area contributed by atoms with Crippen molar-refractivity contribution >= 4 is 22.7 Å². The Morgan fingerprint density at radius 1 is 1.37 bits per heavy atom. The SMILES string of the molecule is CCOC(=O)Nc1cc(OC)cc2ccc(C)nc12. The number of hydrogen-bond donors (Lipinski definition) is 1. The van der Waals surface area contributed by atoms with Crippen LogP contribution in [0.5, 0.6) is 5.75 Å². The smallest absolute Gasteiger partial charge is 0.411 e. The lowest BCUT2D eigenvalue weighted by Gasteiger charge is -2.11. The number of pyridine rings is 1. The maximum Gasteiger partial charge on any atom is 0.411 e. The summed E-state index contributed by atoms with van der Waals surface area (Å²) in [6, 6.07) is 7.45. The normalized spacial score (nSPS) is 10.3. The molecule has 0 aliphatic rings. The molecule has 5 nitrogen and oxygen atoms in total. The van der Waals surface area contributed by atoms with Crippen LogP contribution in [0.1, 0.15) is 12.6 Å². The molecule has 1 N–H and O–H groups in total. The number of rotatable bonds is 3. The number of aryl methyl sites for hydroxylation is 1. The van der Waals surface area contributed by atoms with Gasteiger partial charge in [-0.25, -0.2) is 4.79 Å². The highest BCUT2D eigenvalue weighted by atomic mass is 16.5. The van der Waals surface area contributed by atoms with Gasteiger partial charge in [-0.2, -0.15) is 0 Å². The second kappa shape index (κ2) is 5.56. The van der Waals surface area contributed by atoms with Gasteiger partial charge in [0.2, 0.25) is 0 Å². The second-order valence-electron chi connectivity index (χ2n) is 4.04. The van der Waals surface area contributed by atoms with Gasteiger partial charge in [-0.3, -0.25) is 10.3 Å². The number of amides is 1. The van der Waals surface area contributed by atoms with Crippen molar-refractivity contribution in [2.45, 2.75) is 13.8 Å². The third-order valence-electron chi connectivity index (χ3n) is 2.65. The van der Waals surface area contributed by atoms with Crippen LogP contribution in [0.3, 0.4) is 0 Å². The third kappa shape index (κ3) is 2.93. The lowest BCUT2D eigenvalue weighted by Crippen LogP contribution is -2.14. The van der Waals surface area contributed by atoms with Gasteiger partial charge in [0.25, 0.3) is 0 Å². The number of anilines is 1. The molecule has 2 rings (SSSR count). The zero-order valence-corrected chi connectivity index (χ0v) is 11.2. The molecule has 19 heavy (non-hydrogen) atoms. The van der Waals surface area contributed by atoms with E-state index in [1.807, 2.05) is 25.1 Å². The predicted molar refractivity (Wildman–Crippen MR) is 73.7 cm³/mol. The first-order valence-corrected chi connectivity index (χ1v) is 6.03. The Balaban J connectivity index is 2.49. The molecule has 1 aromatic carbocycles. The molecule has 0 radical (unpaired) electrons. The summed E-state index contributed by atoms with van der Waals surface area (Å²) >= 11 is 0. The molecule has 0 unspecified atom stereocenters. The molecule has 2 aromatic rings. The standard InChI is InChI=1S/C14H16N2O3/c1-4-19-14(17)16-12-8-11(18-3)7-10-6-5-9(2)15-13(10)12/h5-8H,4H2,1-3H3,(H,16,17). The van der Waals surface area contributed by atoms with Gasteiger partial charge < -0.3 is 9.47 Å². The summed E-state index contributed by atoms with van der Waals surface area (Å²) < 4.78 is 10.1. The molecule has 0 aliphatic carbocycles. The molecule has 1 aromatic heterocycles. The van der Waals surface area contributed by atoms with Gasteiger partial charge in [0.1, 0.15) is 5.75 Å². The number of ether oxygens (including phenoxy) is 2. The first kappa shape index (κ1) is 13.1. The predicted octanol–water partition coefficient (Wildman–Crippen LogP) is 3.12. The zero-order valence-electron chi connectivity index (χ0n) is 11.2. The van der Waals surface area contributed by atoms with E-state index >= 15 is 0 Å². The van der Waals surface area contributed by atoms with Gasteiger partial charge in [0, 0.05) is 17.1 Å². The highest BCUT2D eigenvalue weighted by Gasteiger charge is 2.10. The topological polar surface area (TPSA) is 60.5 Å². The first-order valence-electron chi connectivity index (χ1n) is 6.03. The summed E-state index contributed by atoms with van der Waals surface area (Å²) in [4.78, 5) is 16.0. The summed E-state index contributed by atoms with van der Waals surface area (Å²) in [6.45, 7) is 3.98. The van der Waals surface area contributed by atoms with Crippen molar-refractivity contribution in [3.63, 3.8) is 0 Å². The monoisotopic (exact) mass is 260 g/mol. The second-order valence-corrected chi connectivity index (χ2v) is 4.04. The van der Waals surface area contributed by atoms with Crippen LogP contribution in [-0.2, 0) is 4.74 Å². The molecule has 0 saturated carbocycles. The van der Waals surface area contributed by atoms with Crippen molar-refractivity contribution in [1.29, 1.82) is 0 Å². The van der Waals surface area contributed by atoms with Gasteiger partial charge in [-0.15, -0.1) is 0 Å². The Labute approximate surface area is 111 Å². The van der Waals surface area contributed by atoms with E-state index in [-0.39, 0.29) is 0 Å². The molecule has 0 spiro atoms. The van der Waals surface area contributed by atoms with E-state index in [0.29, 0.717) is 23.6 Å². The summed E-state index contributed by atoms with van der Waals surface area (Å²) in [7, 11) is 1.58. The highest BCUT2D eigenvalue weighted by molar-refractivity contribution is 5.98. The zero-order chi connectivity index (χ0) is 13.8. The maximum absolute atomic E-state index is 11.5. The number of carbonyl (C=O) groups is 1. The van der Waals surface area contributed by atoms with E-state index in [0.717, 1.165) is 11.1 Å². The van der Waals surface area contributed by atoms with Gasteiger partial charge in [0.05, 0.1) is 24.9 Å². The van der Waals surface area contributed by atoms with Crippen molar-refractivity contribution in [2.24, 2.45) is 0 Å². The summed E-state index contributed by atoms with van der Waals surface area (Å²) in [5, 5.41) is 3.58. The van der Waals surface area contributed by atoms with Crippen molar-refractivity contribution in [2.75, 3.05) is 19.0 Å². The molecule has 0 fully saturated rings. The number of aromatic nitrogens is 1. The maximum atomic E-state index is 11.5. The lowest BCUT2D eigenvalue weighted by molar-refractivity contribution is 0.168. The minimum absolute atomic E-state index is 0.320. The molecule has 5 heteroatoms. The van der Waals surface area contributed by atoms with E-state index in [4.69, 9.17) is 9.47 Å². The van der Waals surface area contributed by atoms with E-state index in [2.05, 4.69) is 10.3 Å². The molecule has 0 bridgehead atoms. The van der Waals surface area contributed by atoms with E-state index in [1.54, 1.807) is 20.1 Å². The fourth-order valence-corrected chi connectivity index (χ4v) is 1.80. The number of carbonyl (C=O) groups excluding carboxylic acids is 1. The minimum Gasteiger partial charge on any atom is -0.497 e. The highest BCUT2D eigenvalue weighted by Crippen LogP contribution is 2.28. The van der Waals surface area contributed by atoms with Crippen LogP contribution in [-0.4, -0.2) is 24.8 Å². The summed E-state index contributed by atoms with van der Waals surface area (Å²) in [5.74, 6) is 0.657. The first-order chi connectivity index (χ1) is 9.13. The molecule has 100 valence electrons. The lowest BCUT2D eigenvalue weighted by atomic mass is 10.1. The fraction of sp³-hybridized carbons (Fsp3) is 0.286. The molecule has 0 saturated heterocycles. The van der Waals surface area contributed by atoms with Crippen LogP contribution in [0.25, 0.3) is 10.9 Å². The molecular formula is C14H16N2O3. The summed E-state index contributed by atoms with van der Waals surface area (Å²) in [6.07, 6.45) is -0.500. The van der Waals surface area contributed by atoms with Crippen molar-refractivity contribution in [3.05, 3.63) is 30.0 Å². The van der Waals surface area contributed by atoms with Crippen molar-refractivity contribution in [1.82, 2.24) is 4.98 Å². The minimum atomic E-state index is -0.500. The Morgan fingerprint density at radius 2 is 2.16 bits per heavy atom. The number of nitrogens with zero attached hydrogens (tertiary/aromatic N) is 1. The van der Waals surface area contributed by atoms with E-state index in [9.17, 15) is 4.79 Å². The Hall–Kier alpha value is -2.30. The number of hydrogen-bond acceptors (Lipinski definition) is 4. The quantitative estimate of drug-likeness (QED) is 0.921. The number of fused-ring (bicyclic) bond motifs is 1. The van der Waals surface area contributed by atoms with Crippen LogP contribution in [0.15, 0.2) is 24.3 Å². The van der Waals surface area contributed by atoms with Gasteiger partial charge in [-0.1, -0.05) is 6.07 Å². The summed E-state index contributed by atoms with van der Waals surface area (Å²) in [5.41, 5.74) is 2.18. The van der Waals surface area contributed by atoms with E-state index < -0.39 is 6.09 Å². The van der Waals surface area contributed by atoms with Crippen LogP contribution in [0.2, 0.25) is 0 Å². The number of methoxy groups -OCH3 is 1. The third-order valence-corrected chi connectivity index (χ3v) is 2.65. The molecule has 0 atom stereocenters. The van der Waals surface area contributed by atoms with Gasteiger partial charge in [0.15, 0.2) is 0 Å². The fourth-order valence-electron chi connectivity index (χ4n) is 1.80. The van der Waals surface area contributed by atoms with Crippen LogP contribution in [0.4, 0.5) is 10.5 Å². The molecular weight excluding hydrogens is 244 g/mol. The molecule has 1 amide bonds. The largest absolute Gasteiger partial charge is 0.497 e. The average molecular weight is 260 g/mol. The van der Waals surface area contributed by atoms with E-state index in [1.165, 1.54) is 0 Å². The molecule has 0 aliphatic heterocycles.